The van der Waals surface area contributed by atoms with Crippen molar-refractivity contribution in [2.75, 3.05) is 19.0 Å². The highest BCUT2D eigenvalue weighted by Gasteiger charge is 2.02. The number of hydrogen-bond donors (Lipinski definition) is 1. The second kappa shape index (κ2) is 6.60. The zero-order chi connectivity index (χ0) is 13.7. The van der Waals surface area contributed by atoms with Crippen LogP contribution in [0.15, 0.2) is 48.5 Å². The Morgan fingerprint density at radius 2 is 1.79 bits per heavy atom. The SMILES string of the molecule is CNCc1ccc(N(C)Cc2cccc(Cl)c2)cc1. The highest BCUT2D eigenvalue weighted by molar-refractivity contribution is 6.30. The number of hydrogen-bond acceptors (Lipinski definition) is 2. The van der Waals surface area contributed by atoms with E-state index in [4.69, 9.17) is 11.6 Å². The molecule has 2 rings (SSSR count). The van der Waals surface area contributed by atoms with Crippen LogP contribution in [0.3, 0.4) is 0 Å². The monoisotopic (exact) mass is 274 g/mol. The quantitative estimate of drug-likeness (QED) is 0.894. The predicted octanol–water partition coefficient (Wildman–Crippen LogP) is 3.70. The molecule has 0 amide bonds. The molecule has 0 saturated heterocycles. The van der Waals surface area contributed by atoms with Crippen molar-refractivity contribution in [1.29, 1.82) is 0 Å². The fraction of sp³-hybridized carbons (Fsp3) is 0.250. The third-order valence-electron chi connectivity index (χ3n) is 3.07. The van der Waals surface area contributed by atoms with Crippen molar-refractivity contribution in [2.45, 2.75) is 13.1 Å². The van der Waals surface area contributed by atoms with Crippen molar-refractivity contribution >= 4 is 17.3 Å². The van der Waals surface area contributed by atoms with Gasteiger partial charge in [-0.1, -0.05) is 35.9 Å². The molecule has 2 nitrogen and oxygen atoms in total. The molecule has 0 saturated carbocycles. The Balaban J connectivity index is 2.05. The van der Waals surface area contributed by atoms with E-state index in [1.165, 1.54) is 16.8 Å². The first-order valence-electron chi connectivity index (χ1n) is 6.38. The molecule has 0 heterocycles. The first-order valence-corrected chi connectivity index (χ1v) is 6.76. The Hall–Kier alpha value is -1.51. The maximum absolute atomic E-state index is 6.00. The summed E-state index contributed by atoms with van der Waals surface area (Å²) in [4.78, 5) is 2.22. The minimum absolute atomic E-state index is 0.787. The van der Waals surface area contributed by atoms with Gasteiger partial charge in [0.25, 0.3) is 0 Å². The zero-order valence-corrected chi connectivity index (χ0v) is 12.1. The summed E-state index contributed by atoms with van der Waals surface area (Å²) in [7, 11) is 4.05. The highest BCUT2D eigenvalue weighted by atomic mass is 35.5. The van der Waals surface area contributed by atoms with Crippen LogP contribution in [0.4, 0.5) is 5.69 Å². The maximum Gasteiger partial charge on any atom is 0.0426 e. The van der Waals surface area contributed by atoms with E-state index in [2.05, 4.69) is 47.6 Å². The number of benzene rings is 2. The fourth-order valence-electron chi connectivity index (χ4n) is 2.07. The zero-order valence-electron chi connectivity index (χ0n) is 11.4. The van der Waals surface area contributed by atoms with Gasteiger partial charge >= 0.3 is 0 Å². The van der Waals surface area contributed by atoms with Crippen LogP contribution in [-0.4, -0.2) is 14.1 Å². The third kappa shape index (κ3) is 3.98. The van der Waals surface area contributed by atoms with E-state index in [-0.39, 0.29) is 0 Å². The van der Waals surface area contributed by atoms with E-state index in [0.29, 0.717) is 0 Å². The third-order valence-corrected chi connectivity index (χ3v) is 3.30. The first kappa shape index (κ1) is 13.9. The van der Waals surface area contributed by atoms with Crippen LogP contribution in [0, 0.1) is 0 Å². The molecule has 0 aromatic heterocycles. The minimum Gasteiger partial charge on any atom is -0.370 e. The first-order chi connectivity index (χ1) is 9.19. The van der Waals surface area contributed by atoms with Crippen LogP contribution in [0.25, 0.3) is 0 Å². The lowest BCUT2D eigenvalue weighted by Crippen LogP contribution is -2.16. The summed E-state index contributed by atoms with van der Waals surface area (Å²) < 4.78 is 0. The molecule has 19 heavy (non-hydrogen) atoms. The predicted molar refractivity (Wildman–Crippen MR) is 82.8 cm³/mol. The lowest BCUT2D eigenvalue weighted by molar-refractivity contribution is 0.817. The molecule has 0 unspecified atom stereocenters. The second-order valence-corrected chi connectivity index (χ2v) is 5.12. The Kier molecular flexibility index (Phi) is 4.83. The summed E-state index contributed by atoms with van der Waals surface area (Å²) in [6.07, 6.45) is 0. The van der Waals surface area contributed by atoms with Gasteiger partial charge in [-0.15, -0.1) is 0 Å². The van der Waals surface area contributed by atoms with Gasteiger partial charge in [-0.3, -0.25) is 0 Å². The van der Waals surface area contributed by atoms with E-state index < -0.39 is 0 Å². The van der Waals surface area contributed by atoms with E-state index in [9.17, 15) is 0 Å². The van der Waals surface area contributed by atoms with Gasteiger partial charge in [-0.25, -0.2) is 0 Å². The van der Waals surface area contributed by atoms with Crippen molar-refractivity contribution in [2.24, 2.45) is 0 Å². The molecule has 2 aromatic carbocycles. The summed E-state index contributed by atoms with van der Waals surface area (Å²) in [6, 6.07) is 16.6. The molecule has 0 bridgehead atoms. The number of nitrogens with zero attached hydrogens (tertiary/aromatic N) is 1. The molecule has 0 atom stereocenters. The molecule has 0 radical (unpaired) electrons. The van der Waals surface area contributed by atoms with Gasteiger partial charge in [-0.05, 0) is 42.4 Å². The fourth-order valence-corrected chi connectivity index (χ4v) is 2.29. The summed E-state index contributed by atoms with van der Waals surface area (Å²) in [5.74, 6) is 0. The van der Waals surface area contributed by atoms with E-state index >= 15 is 0 Å². The van der Waals surface area contributed by atoms with Crippen molar-refractivity contribution in [3.8, 4) is 0 Å². The maximum atomic E-state index is 6.00. The highest BCUT2D eigenvalue weighted by Crippen LogP contribution is 2.18. The molecule has 0 aliphatic rings. The normalized spacial score (nSPS) is 10.5. The molecular weight excluding hydrogens is 256 g/mol. The number of nitrogens with one attached hydrogen (secondary N) is 1. The van der Waals surface area contributed by atoms with Crippen molar-refractivity contribution < 1.29 is 0 Å². The van der Waals surface area contributed by atoms with Gasteiger partial charge in [0.05, 0.1) is 0 Å². The van der Waals surface area contributed by atoms with E-state index in [1.807, 2.05) is 25.2 Å². The topological polar surface area (TPSA) is 15.3 Å². The van der Waals surface area contributed by atoms with Crippen LogP contribution in [0.5, 0.6) is 0 Å². The van der Waals surface area contributed by atoms with Crippen LogP contribution in [0.2, 0.25) is 5.02 Å². The largest absolute Gasteiger partial charge is 0.370 e. The molecule has 0 aliphatic carbocycles. The van der Waals surface area contributed by atoms with Gasteiger partial charge in [0.15, 0.2) is 0 Å². The van der Waals surface area contributed by atoms with Crippen molar-refractivity contribution in [3.63, 3.8) is 0 Å². The van der Waals surface area contributed by atoms with Crippen LogP contribution in [-0.2, 0) is 13.1 Å². The average Bonchev–Trinajstić information content (AvgIpc) is 2.40. The summed E-state index contributed by atoms with van der Waals surface area (Å²) in [6.45, 7) is 1.75. The number of anilines is 1. The molecule has 1 N–H and O–H groups in total. The van der Waals surface area contributed by atoms with Crippen molar-refractivity contribution in [3.05, 3.63) is 64.7 Å². The number of rotatable bonds is 5. The Morgan fingerprint density at radius 3 is 2.42 bits per heavy atom. The summed E-state index contributed by atoms with van der Waals surface area (Å²) in [5.41, 5.74) is 3.72. The number of halogens is 1. The van der Waals surface area contributed by atoms with Gasteiger partial charge in [0, 0.05) is 30.8 Å². The Morgan fingerprint density at radius 1 is 1.05 bits per heavy atom. The van der Waals surface area contributed by atoms with Gasteiger partial charge in [0.2, 0.25) is 0 Å². The van der Waals surface area contributed by atoms with Crippen LogP contribution < -0.4 is 10.2 Å². The van der Waals surface area contributed by atoms with Gasteiger partial charge in [-0.2, -0.15) is 0 Å². The molecule has 0 aliphatic heterocycles. The average molecular weight is 275 g/mol. The van der Waals surface area contributed by atoms with E-state index in [1.54, 1.807) is 0 Å². The van der Waals surface area contributed by atoms with Gasteiger partial charge in [0.1, 0.15) is 0 Å². The van der Waals surface area contributed by atoms with Crippen LogP contribution >= 0.6 is 11.6 Å². The molecule has 0 fully saturated rings. The lowest BCUT2D eigenvalue weighted by atomic mass is 10.1. The van der Waals surface area contributed by atoms with Gasteiger partial charge < -0.3 is 10.2 Å². The minimum atomic E-state index is 0.787. The molecule has 3 heteroatoms. The summed E-state index contributed by atoms with van der Waals surface area (Å²) in [5, 5.41) is 3.94. The second-order valence-electron chi connectivity index (χ2n) is 4.68. The molecule has 0 spiro atoms. The molecule has 2 aromatic rings. The summed E-state index contributed by atoms with van der Waals surface area (Å²) >= 11 is 6.00. The van der Waals surface area contributed by atoms with E-state index in [0.717, 1.165) is 18.1 Å². The standard InChI is InChI=1S/C16H19ClN2/c1-18-11-13-6-8-16(9-7-13)19(2)12-14-4-3-5-15(17)10-14/h3-10,18H,11-12H2,1-2H3. The Bertz CT molecular complexity index is 523. The van der Waals surface area contributed by atoms with Crippen molar-refractivity contribution in [1.82, 2.24) is 5.32 Å². The molecular formula is C16H19ClN2. The lowest BCUT2D eigenvalue weighted by Gasteiger charge is -2.20. The Labute approximate surface area is 120 Å². The molecule has 100 valence electrons. The smallest absolute Gasteiger partial charge is 0.0426 e. The van der Waals surface area contributed by atoms with Crippen LogP contribution in [0.1, 0.15) is 11.1 Å².